The molecule has 2 rings (SSSR count). The number of ether oxygens (including phenoxy) is 2. The van der Waals surface area contributed by atoms with Gasteiger partial charge in [0.05, 0.1) is 17.1 Å². The van der Waals surface area contributed by atoms with E-state index in [0.29, 0.717) is 23.9 Å². The summed E-state index contributed by atoms with van der Waals surface area (Å²) in [5.41, 5.74) is 0.311. The highest BCUT2D eigenvalue weighted by Crippen LogP contribution is 2.26. The van der Waals surface area contributed by atoms with E-state index in [1.165, 1.54) is 48.5 Å². The van der Waals surface area contributed by atoms with Crippen molar-refractivity contribution in [2.75, 3.05) is 24.1 Å². The minimum Gasteiger partial charge on any atom is -0.351 e. The quantitative estimate of drug-likeness (QED) is 0.594. The zero-order chi connectivity index (χ0) is 19.2. The summed E-state index contributed by atoms with van der Waals surface area (Å²) in [6.45, 7) is 4.24. The molecule has 0 spiro atoms. The molecule has 0 N–H and O–H groups in total. The van der Waals surface area contributed by atoms with Crippen molar-refractivity contribution in [2.24, 2.45) is 0 Å². The molecule has 0 fully saturated rings. The van der Waals surface area contributed by atoms with Crippen LogP contribution in [-0.4, -0.2) is 34.5 Å². The van der Waals surface area contributed by atoms with E-state index < -0.39 is 22.1 Å². The Labute approximate surface area is 158 Å². The molecule has 0 heterocycles. The van der Waals surface area contributed by atoms with Crippen LogP contribution in [-0.2, 0) is 19.5 Å². The van der Waals surface area contributed by atoms with Gasteiger partial charge in [0.15, 0.2) is 6.29 Å². The van der Waals surface area contributed by atoms with Gasteiger partial charge in [-0.3, -0.25) is 4.31 Å². The zero-order valence-electron chi connectivity index (χ0n) is 14.6. The van der Waals surface area contributed by atoms with Crippen molar-refractivity contribution in [3.8, 4) is 0 Å². The number of anilines is 1. The summed E-state index contributed by atoms with van der Waals surface area (Å²) in [6.07, 6.45) is -0.753. The van der Waals surface area contributed by atoms with E-state index in [2.05, 4.69) is 0 Å². The molecule has 2 aromatic carbocycles. The molecule has 142 valence electrons. The van der Waals surface area contributed by atoms with Gasteiger partial charge in [0.25, 0.3) is 10.0 Å². The maximum atomic E-state index is 13.3. The standard InChI is InChI=1S/C18H21ClFNO4S/c1-3-24-18(25-4-2)13-21(16-9-7-15(20)8-10-16)26(22,23)17-11-5-14(19)6-12-17/h5-12,18H,3-4,13H2,1-2H3. The monoisotopic (exact) mass is 401 g/mol. The molecular formula is C18H21ClFNO4S. The van der Waals surface area contributed by atoms with Crippen LogP contribution in [0.15, 0.2) is 53.4 Å². The van der Waals surface area contributed by atoms with Crippen molar-refractivity contribution in [1.82, 2.24) is 0 Å². The number of sulfonamides is 1. The minimum atomic E-state index is -3.92. The van der Waals surface area contributed by atoms with Crippen molar-refractivity contribution in [3.05, 3.63) is 59.4 Å². The van der Waals surface area contributed by atoms with Crippen molar-refractivity contribution >= 4 is 27.3 Å². The average Bonchev–Trinajstić information content (AvgIpc) is 2.61. The van der Waals surface area contributed by atoms with Crippen LogP contribution in [0.3, 0.4) is 0 Å². The van der Waals surface area contributed by atoms with Crippen molar-refractivity contribution in [2.45, 2.75) is 25.0 Å². The van der Waals surface area contributed by atoms with Gasteiger partial charge in [-0.1, -0.05) is 11.6 Å². The van der Waals surface area contributed by atoms with E-state index in [9.17, 15) is 12.8 Å². The SMILES string of the molecule is CCOC(CN(c1ccc(F)cc1)S(=O)(=O)c1ccc(Cl)cc1)OCC. The minimum absolute atomic E-state index is 0.0676. The molecule has 0 amide bonds. The molecule has 2 aromatic rings. The summed E-state index contributed by atoms with van der Waals surface area (Å²) in [5, 5.41) is 0.429. The molecule has 0 aliphatic rings. The molecule has 0 saturated heterocycles. The molecular weight excluding hydrogens is 381 g/mol. The predicted octanol–water partition coefficient (Wildman–Crippen LogP) is 4.07. The summed E-state index contributed by atoms with van der Waals surface area (Å²) in [4.78, 5) is 0.0676. The van der Waals surface area contributed by atoms with Gasteiger partial charge >= 0.3 is 0 Å². The third kappa shape index (κ3) is 5.17. The molecule has 0 atom stereocenters. The lowest BCUT2D eigenvalue weighted by molar-refractivity contribution is -0.128. The van der Waals surface area contributed by atoms with Gasteiger partial charge in [0.2, 0.25) is 0 Å². The fourth-order valence-electron chi connectivity index (χ4n) is 2.34. The van der Waals surface area contributed by atoms with E-state index in [0.717, 1.165) is 4.31 Å². The topological polar surface area (TPSA) is 55.8 Å². The number of hydrogen-bond donors (Lipinski definition) is 0. The maximum Gasteiger partial charge on any atom is 0.264 e. The van der Waals surface area contributed by atoms with Crippen molar-refractivity contribution in [1.29, 1.82) is 0 Å². The molecule has 0 saturated carbocycles. The highest BCUT2D eigenvalue weighted by molar-refractivity contribution is 7.92. The highest BCUT2D eigenvalue weighted by atomic mass is 35.5. The summed E-state index contributed by atoms with van der Waals surface area (Å²) in [5.74, 6) is -0.455. The number of benzene rings is 2. The Hall–Kier alpha value is -1.67. The van der Waals surface area contributed by atoms with E-state index in [-0.39, 0.29) is 11.4 Å². The van der Waals surface area contributed by atoms with Crippen LogP contribution >= 0.6 is 11.6 Å². The van der Waals surface area contributed by atoms with Crippen molar-refractivity contribution < 1.29 is 22.3 Å². The molecule has 0 bridgehead atoms. The molecule has 5 nitrogen and oxygen atoms in total. The Morgan fingerprint density at radius 3 is 2.04 bits per heavy atom. The van der Waals surface area contributed by atoms with Gasteiger partial charge in [-0.25, -0.2) is 12.8 Å². The largest absolute Gasteiger partial charge is 0.351 e. The Balaban J connectivity index is 2.44. The molecule has 0 aromatic heterocycles. The maximum absolute atomic E-state index is 13.3. The normalized spacial score (nSPS) is 11.7. The van der Waals surface area contributed by atoms with Gasteiger partial charge in [-0.15, -0.1) is 0 Å². The number of hydrogen-bond acceptors (Lipinski definition) is 4. The first-order chi connectivity index (χ1) is 12.4. The number of nitrogens with zero attached hydrogens (tertiary/aromatic N) is 1. The summed E-state index contributed by atoms with van der Waals surface area (Å²) in [7, 11) is -3.92. The predicted molar refractivity (Wildman–Crippen MR) is 99.4 cm³/mol. The van der Waals surface area contributed by atoms with Crippen LogP contribution in [0.4, 0.5) is 10.1 Å². The first kappa shape index (κ1) is 20.6. The van der Waals surface area contributed by atoms with E-state index in [1.807, 2.05) is 0 Å². The summed E-state index contributed by atoms with van der Waals surface area (Å²) >= 11 is 5.85. The highest BCUT2D eigenvalue weighted by Gasteiger charge is 2.28. The van der Waals surface area contributed by atoms with Crippen LogP contribution < -0.4 is 4.31 Å². The van der Waals surface area contributed by atoms with Crippen LogP contribution in [0.2, 0.25) is 5.02 Å². The Morgan fingerprint density at radius 1 is 1.00 bits per heavy atom. The Kier molecular flexibility index (Phi) is 7.40. The molecule has 8 heteroatoms. The molecule has 0 aliphatic heterocycles. The fraction of sp³-hybridized carbons (Fsp3) is 0.333. The molecule has 0 aliphatic carbocycles. The number of rotatable bonds is 9. The van der Waals surface area contributed by atoms with Gasteiger partial charge in [-0.2, -0.15) is 0 Å². The van der Waals surface area contributed by atoms with Crippen molar-refractivity contribution in [3.63, 3.8) is 0 Å². The first-order valence-corrected chi connectivity index (χ1v) is 9.97. The van der Waals surface area contributed by atoms with Crippen LogP contribution in [0.5, 0.6) is 0 Å². The van der Waals surface area contributed by atoms with Gasteiger partial charge in [0.1, 0.15) is 5.82 Å². The molecule has 0 unspecified atom stereocenters. The number of halogens is 2. The average molecular weight is 402 g/mol. The second-order valence-corrected chi connectivity index (χ2v) is 7.61. The fourth-order valence-corrected chi connectivity index (χ4v) is 3.92. The lowest BCUT2D eigenvalue weighted by Gasteiger charge is -2.28. The van der Waals surface area contributed by atoms with E-state index in [4.69, 9.17) is 21.1 Å². The van der Waals surface area contributed by atoms with E-state index in [1.54, 1.807) is 13.8 Å². The lowest BCUT2D eigenvalue weighted by Crippen LogP contribution is -2.40. The summed E-state index contributed by atoms with van der Waals surface area (Å²) in [6, 6.07) is 11.1. The Morgan fingerprint density at radius 2 is 1.54 bits per heavy atom. The molecule has 0 radical (unpaired) electrons. The lowest BCUT2D eigenvalue weighted by atomic mass is 10.3. The third-order valence-electron chi connectivity index (χ3n) is 3.54. The molecule has 26 heavy (non-hydrogen) atoms. The zero-order valence-corrected chi connectivity index (χ0v) is 16.1. The second kappa shape index (κ2) is 9.32. The van der Waals surface area contributed by atoms with Gasteiger partial charge < -0.3 is 9.47 Å². The van der Waals surface area contributed by atoms with Crippen LogP contribution in [0.1, 0.15) is 13.8 Å². The van der Waals surface area contributed by atoms with Crippen LogP contribution in [0, 0.1) is 5.82 Å². The van der Waals surface area contributed by atoms with Crippen LogP contribution in [0.25, 0.3) is 0 Å². The summed E-state index contributed by atoms with van der Waals surface area (Å²) < 4.78 is 51.7. The van der Waals surface area contributed by atoms with E-state index >= 15 is 0 Å². The Bertz CT molecular complexity index is 791. The van der Waals surface area contributed by atoms with Gasteiger partial charge in [0, 0.05) is 18.2 Å². The smallest absolute Gasteiger partial charge is 0.264 e. The second-order valence-electron chi connectivity index (χ2n) is 5.31. The third-order valence-corrected chi connectivity index (χ3v) is 5.60. The van der Waals surface area contributed by atoms with Gasteiger partial charge in [-0.05, 0) is 62.4 Å². The first-order valence-electron chi connectivity index (χ1n) is 8.15.